The molecule has 4 aromatic rings. The summed E-state index contributed by atoms with van der Waals surface area (Å²) in [7, 11) is 0. The molecule has 0 spiro atoms. The minimum absolute atomic E-state index is 0.141. The van der Waals surface area contributed by atoms with Crippen LogP contribution in [0, 0.1) is 0 Å². The van der Waals surface area contributed by atoms with Crippen LogP contribution in [-0.2, 0) is 11.2 Å². The van der Waals surface area contributed by atoms with Gasteiger partial charge >= 0.3 is 0 Å². The molecule has 2 N–H and O–H groups in total. The highest BCUT2D eigenvalue weighted by Gasteiger charge is 2.36. The normalized spacial score (nSPS) is 23.5. The Morgan fingerprint density at radius 2 is 1.94 bits per heavy atom. The molecule has 3 heterocycles. The fourth-order valence-corrected chi connectivity index (χ4v) is 5.04. The van der Waals surface area contributed by atoms with Crippen LogP contribution in [0.1, 0.15) is 35.6 Å². The van der Waals surface area contributed by atoms with Crippen LogP contribution >= 0.6 is 22.9 Å². The number of nitrogens with zero attached hydrogens (tertiary/aromatic N) is 3. The third-order valence-corrected chi connectivity index (χ3v) is 7.00. The van der Waals surface area contributed by atoms with Crippen molar-refractivity contribution in [3.63, 3.8) is 0 Å². The van der Waals surface area contributed by atoms with Gasteiger partial charge in [0.15, 0.2) is 5.01 Å². The number of halogens is 1. The van der Waals surface area contributed by atoms with E-state index < -0.39 is 18.3 Å². The molecule has 164 valence electrons. The Bertz CT molecular complexity index is 1260. The number of fused-ring (bicyclic) bond motifs is 1. The zero-order chi connectivity index (χ0) is 22.2. The van der Waals surface area contributed by atoms with E-state index in [1.807, 2.05) is 55.5 Å². The van der Waals surface area contributed by atoms with E-state index in [9.17, 15) is 10.2 Å². The van der Waals surface area contributed by atoms with Gasteiger partial charge in [-0.1, -0.05) is 59.3 Å². The summed E-state index contributed by atoms with van der Waals surface area (Å²) < 4.78 is 5.91. The number of hydrogen-bond donors (Lipinski definition) is 2. The summed E-state index contributed by atoms with van der Waals surface area (Å²) in [4.78, 5) is 4.70. The predicted molar refractivity (Wildman–Crippen MR) is 125 cm³/mol. The molecular formula is C24H22ClN3O3S. The number of aliphatic hydroxyl groups excluding tert-OH is 2. The number of rotatable bonds is 4. The molecule has 0 aliphatic carbocycles. The van der Waals surface area contributed by atoms with Crippen molar-refractivity contribution in [3.05, 3.63) is 75.8 Å². The number of ether oxygens (including phenoxy) is 1. The lowest BCUT2D eigenvalue weighted by molar-refractivity contribution is -0.166. The van der Waals surface area contributed by atoms with Crippen LogP contribution in [-0.4, -0.2) is 43.7 Å². The molecule has 32 heavy (non-hydrogen) atoms. The van der Waals surface area contributed by atoms with Gasteiger partial charge in [0.1, 0.15) is 22.9 Å². The zero-order valence-corrected chi connectivity index (χ0v) is 18.9. The summed E-state index contributed by atoms with van der Waals surface area (Å²) in [5, 5.41) is 32.5. The third kappa shape index (κ3) is 4.27. The lowest BCUT2D eigenvalue weighted by Crippen LogP contribution is -2.42. The number of hydrogen-bond acceptors (Lipinski definition) is 7. The van der Waals surface area contributed by atoms with Gasteiger partial charge in [-0.05, 0) is 36.2 Å². The van der Waals surface area contributed by atoms with Crippen molar-refractivity contribution in [2.45, 2.75) is 44.2 Å². The molecule has 1 aliphatic rings. The Morgan fingerprint density at radius 1 is 1.09 bits per heavy atom. The van der Waals surface area contributed by atoms with Gasteiger partial charge in [-0.2, -0.15) is 0 Å². The van der Waals surface area contributed by atoms with Crippen LogP contribution in [0.5, 0.6) is 0 Å². The van der Waals surface area contributed by atoms with Gasteiger partial charge in [-0.3, -0.25) is 0 Å². The summed E-state index contributed by atoms with van der Waals surface area (Å²) >= 11 is 7.94. The standard InChI is InChI=1S/C24H22ClN3O3S/c1-13-10-20(29)22(30)23(31-13)15-6-8-17(25)16(11-15)12-21-27-28-24(32-21)19-9-7-14-4-2-3-5-18(14)26-19/h2-9,11,13,20,22-23,29-30H,10,12H2,1H3. The predicted octanol–water partition coefficient (Wildman–Crippen LogP) is 4.57. The first kappa shape index (κ1) is 21.4. The molecule has 0 amide bonds. The van der Waals surface area contributed by atoms with Crippen molar-refractivity contribution in [3.8, 4) is 10.7 Å². The summed E-state index contributed by atoms with van der Waals surface area (Å²) in [5.41, 5.74) is 3.35. The Balaban J connectivity index is 1.40. The van der Waals surface area contributed by atoms with Gasteiger partial charge in [0.2, 0.25) is 0 Å². The first-order chi connectivity index (χ1) is 15.5. The van der Waals surface area contributed by atoms with Crippen LogP contribution in [0.4, 0.5) is 0 Å². The highest BCUT2D eigenvalue weighted by molar-refractivity contribution is 7.14. The van der Waals surface area contributed by atoms with E-state index in [1.54, 1.807) is 6.07 Å². The molecule has 2 aromatic carbocycles. The minimum atomic E-state index is -0.979. The van der Waals surface area contributed by atoms with Crippen molar-refractivity contribution in [1.29, 1.82) is 0 Å². The number of aliphatic hydroxyl groups is 2. The summed E-state index contributed by atoms with van der Waals surface area (Å²) in [5.74, 6) is 0. The molecule has 6 nitrogen and oxygen atoms in total. The van der Waals surface area contributed by atoms with E-state index in [0.717, 1.165) is 37.7 Å². The second kappa shape index (κ2) is 8.84. The van der Waals surface area contributed by atoms with Crippen molar-refractivity contribution in [2.75, 3.05) is 0 Å². The van der Waals surface area contributed by atoms with Crippen LogP contribution < -0.4 is 0 Å². The molecule has 0 radical (unpaired) electrons. The fourth-order valence-electron chi connectivity index (χ4n) is 4.03. The van der Waals surface area contributed by atoms with Gasteiger partial charge in [0, 0.05) is 23.3 Å². The van der Waals surface area contributed by atoms with E-state index >= 15 is 0 Å². The maximum absolute atomic E-state index is 10.4. The summed E-state index contributed by atoms with van der Waals surface area (Å²) in [6.45, 7) is 1.89. The van der Waals surface area contributed by atoms with E-state index in [-0.39, 0.29) is 6.10 Å². The number of benzene rings is 2. The number of aromatic nitrogens is 3. The monoisotopic (exact) mass is 467 g/mol. The average Bonchev–Trinajstić information content (AvgIpc) is 3.26. The molecule has 2 aromatic heterocycles. The van der Waals surface area contributed by atoms with Gasteiger partial charge in [-0.15, -0.1) is 10.2 Å². The Hall–Kier alpha value is -2.42. The Labute approximate surface area is 194 Å². The largest absolute Gasteiger partial charge is 0.390 e. The smallest absolute Gasteiger partial charge is 0.166 e. The highest BCUT2D eigenvalue weighted by Crippen LogP contribution is 2.34. The second-order valence-electron chi connectivity index (χ2n) is 8.08. The molecule has 5 rings (SSSR count). The van der Waals surface area contributed by atoms with Gasteiger partial charge in [-0.25, -0.2) is 4.98 Å². The van der Waals surface area contributed by atoms with Crippen molar-refractivity contribution in [2.24, 2.45) is 0 Å². The molecule has 8 heteroatoms. The van der Waals surface area contributed by atoms with E-state index in [4.69, 9.17) is 21.3 Å². The van der Waals surface area contributed by atoms with E-state index in [2.05, 4.69) is 10.2 Å². The summed E-state index contributed by atoms with van der Waals surface area (Å²) in [6.07, 6.45) is -1.63. The first-order valence-electron chi connectivity index (χ1n) is 10.5. The molecule has 1 fully saturated rings. The lowest BCUT2D eigenvalue weighted by atomic mass is 9.92. The quantitative estimate of drug-likeness (QED) is 0.457. The average molecular weight is 468 g/mol. The lowest BCUT2D eigenvalue weighted by Gasteiger charge is -2.36. The molecule has 4 unspecified atom stereocenters. The molecule has 0 bridgehead atoms. The van der Waals surface area contributed by atoms with E-state index in [1.165, 1.54) is 11.3 Å². The summed E-state index contributed by atoms with van der Waals surface area (Å²) in [6, 6.07) is 17.5. The van der Waals surface area contributed by atoms with Crippen molar-refractivity contribution >= 4 is 33.8 Å². The molecule has 1 aliphatic heterocycles. The number of para-hydroxylation sites is 1. The van der Waals surface area contributed by atoms with Gasteiger partial charge in [0.05, 0.1) is 17.7 Å². The Kier molecular flexibility index (Phi) is 5.92. The number of pyridine rings is 1. The zero-order valence-electron chi connectivity index (χ0n) is 17.4. The third-order valence-electron chi connectivity index (χ3n) is 5.68. The van der Waals surface area contributed by atoms with Gasteiger partial charge < -0.3 is 14.9 Å². The van der Waals surface area contributed by atoms with Crippen LogP contribution in [0.15, 0.2) is 54.6 Å². The fraction of sp³-hybridized carbons (Fsp3) is 0.292. The van der Waals surface area contributed by atoms with Gasteiger partial charge in [0.25, 0.3) is 0 Å². The molecule has 0 saturated carbocycles. The van der Waals surface area contributed by atoms with E-state index in [0.29, 0.717) is 17.9 Å². The molecular weight excluding hydrogens is 446 g/mol. The second-order valence-corrected chi connectivity index (χ2v) is 9.55. The SMILES string of the molecule is CC1CC(O)C(O)C(c2ccc(Cl)c(Cc3nnc(-c4ccc5ccccc5n4)s3)c2)O1. The topological polar surface area (TPSA) is 88.4 Å². The highest BCUT2D eigenvalue weighted by atomic mass is 35.5. The van der Waals surface area contributed by atoms with Crippen LogP contribution in [0.3, 0.4) is 0 Å². The van der Waals surface area contributed by atoms with Crippen molar-refractivity contribution in [1.82, 2.24) is 15.2 Å². The van der Waals surface area contributed by atoms with Crippen LogP contribution in [0.25, 0.3) is 21.6 Å². The van der Waals surface area contributed by atoms with Crippen molar-refractivity contribution < 1.29 is 14.9 Å². The first-order valence-corrected chi connectivity index (χ1v) is 11.7. The maximum atomic E-state index is 10.4. The maximum Gasteiger partial charge on any atom is 0.166 e. The Morgan fingerprint density at radius 3 is 2.81 bits per heavy atom. The van der Waals surface area contributed by atoms with Crippen LogP contribution in [0.2, 0.25) is 5.02 Å². The molecule has 1 saturated heterocycles. The molecule has 4 atom stereocenters. The minimum Gasteiger partial charge on any atom is -0.390 e.